The van der Waals surface area contributed by atoms with Crippen LogP contribution in [-0.2, 0) is 18.6 Å². The van der Waals surface area contributed by atoms with E-state index < -0.39 is 11.7 Å². The summed E-state index contributed by atoms with van der Waals surface area (Å²) in [4.78, 5) is 0. The van der Waals surface area contributed by atoms with Crippen LogP contribution in [0.5, 0.6) is 0 Å². The summed E-state index contributed by atoms with van der Waals surface area (Å²) < 4.78 is 41.9. The molecule has 2 aromatic rings. The van der Waals surface area contributed by atoms with E-state index in [1.807, 2.05) is 0 Å². The Morgan fingerprint density at radius 3 is 2.16 bits per heavy atom. The van der Waals surface area contributed by atoms with Crippen molar-refractivity contribution in [3.63, 3.8) is 0 Å². The quantitative estimate of drug-likeness (QED) is 0.754. The van der Waals surface area contributed by atoms with Crippen LogP contribution < -0.4 is 0 Å². The van der Waals surface area contributed by atoms with Crippen LogP contribution in [-0.4, -0.2) is 14.8 Å². The Morgan fingerprint density at radius 2 is 1.56 bits per heavy atom. The minimum absolute atomic E-state index is 0.0229. The maximum Gasteiger partial charge on any atom is 0.417 e. The third-order valence-electron chi connectivity index (χ3n) is 6.44. The van der Waals surface area contributed by atoms with Gasteiger partial charge in [-0.25, -0.2) is 0 Å². The van der Waals surface area contributed by atoms with Crippen LogP contribution in [0.15, 0.2) is 24.3 Å². The molecule has 0 saturated heterocycles. The van der Waals surface area contributed by atoms with E-state index in [2.05, 4.69) is 17.1 Å². The molecule has 0 N–H and O–H groups in total. The highest BCUT2D eigenvalue weighted by Gasteiger charge is 2.49. The van der Waals surface area contributed by atoms with Crippen LogP contribution in [0.4, 0.5) is 13.2 Å². The third kappa shape index (κ3) is 2.57. The molecule has 3 saturated carbocycles. The molecule has 0 aliphatic heterocycles. The SMILES string of the molecule is Cn1c(-c2ccccc2C(F)(F)F)nnc1C12CCC(C)(CC1)CC2. The molecule has 0 unspecified atom stereocenters. The smallest absolute Gasteiger partial charge is 0.314 e. The maximum absolute atomic E-state index is 13.4. The summed E-state index contributed by atoms with van der Waals surface area (Å²) in [5, 5.41) is 8.55. The van der Waals surface area contributed by atoms with Gasteiger partial charge >= 0.3 is 6.18 Å². The normalized spacial score (nSPS) is 29.2. The Labute approximate surface area is 145 Å². The molecule has 3 aliphatic carbocycles. The van der Waals surface area contributed by atoms with E-state index in [4.69, 9.17) is 0 Å². The number of nitrogens with zero attached hydrogens (tertiary/aromatic N) is 3. The molecule has 0 atom stereocenters. The fraction of sp³-hybridized carbons (Fsp3) is 0.579. The van der Waals surface area contributed by atoms with Crippen molar-refractivity contribution < 1.29 is 13.2 Å². The fourth-order valence-corrected chi connectivity index (χ4v) is 4.66. The second-order valence-electron chi connectivity index (χ2n) is 8.04. The molecule has 134 valence electrons. The number of aromatic nitrogens is 3. The Morgan fingerprint density at radius 1 is 0.960 bits per heavy atom. The fourth-order valence-electron chi connectivity index (χ4n) is 4.66. The van der Waals surface area contributed by atoms with Crippen LogP contribution in [0.1, 0.15) is 56.8 Å². The highest BCUT2D eigenvalue weighted by atomic mass is 19.4. The average Bonchev–Trinajstić information content (AvgIpc) is 2.97. The molecule has 1 aromatic carbocycles. The molecule has 25 heavy (non-hydrogen) atoms. The van der Waals surface area contributed by atoms with Crippen molar-refractivity contribution in [1.29, 1.82) is 0 Å². The first-order valence-corrected chi connectivity index (χ1v) is 8.81. The van der Waals surface area contributed by atoms with Gasteiger partial charge in [0.15, 0.2) is 5.82 Å². The number of hydrogen-bond donors (Lipinski definition) is 0. The lowest BCUT2D eigenvalue weighted by molar-refractivity contribution is -0.137. The molecule has 0 amide bonds. The lowest BCUT2D eigenvalue weighted by atomic mass is 9.54. The van der Waals surface area contributed by atoms with E-state index in [9.17, 15) is 13.2 Å². The van der Waals surface area contributed by atoms with Crippen LogP contribution >= 0.6 is 0 Å². The highest BCUT2D eigenvalue weighted by molar-refractivity contribution is 5.61. The van der Waals surface area contributed by atoms with Gasteiger partial charge in [-0.05, 0) is 50.0 Å². The van der Waals surface area contributed by atoms with Gasteiger partial charge in [0.05, 0.1) is 5.56 Å². The first-order valence-electron chi connectivity index (χ1n) is 8.81. The Balaban J connectivity index is 1.77. The van der Waals surface area contributed by atoms with Gasteiger partial charge in [0.25, 0.3) is 0 Å². The minimum Gasteiger partial charge on any atom is -0.314 e. The molecule has 1 heterocycles. The minimum atomic E-state index is -4.40. The number of fused-ring (bicyclic) bond motifs is 3. The molecule has 0 spiro atoms. The van der Waals surface area contributed by atoms with E-state index in [0.29, 0.717) is 11.2 Å². The number of rotatable bonds is 2. The summed E-state index contributed by atoms with van der Waals surface area (Å²) in [5.74, 6) is 1.15. The summed E-state index contributed by atoms with van der Waals surface area (Å²) in [6, 6.07) is 5.61. The first-order chi connectivity index (χ1) is 11.7. The zero-order valence-electron chi connectivity index (χ0n) is 14.5. The van der Waals surface area contributed by atoms with Crippen molar-refractivity contribution in [3.05, 3.63) is 35.7 Å². The van der Waals surface area contributed by atoms with Gasteiger partial charge in [0, 0.05) is 18.0 Å². The molecule has 6 heteroatoms. The van der Waals surface area contributed by atoms with E-state index in [-0.39, 0.29) is 11.0 Å². The van der Waals surface area contributed by atoms with Crippen LogP contribution in [0.2, 0.25) is 0 Å². The second-order valence-corrected chi connectivity index (χ2v) is 8.04. The predicted octanol–water partition coefficient (Wildman–Crippen LogP) is 5.11. The van der Waals surface area contributed by atoms with Crippen LogP contribution in [0, 0.1) is 5.41 Å². The van der Waals surface area contributed by atoms with Gasteiger partial charge in [-0.15, -0.1) is 10.2 Å². The standard InChI is InChI=1S/C19H22F3N3/c1-17-7-10-18(11-8-17,12-9-17)16-24-23-15(25(16)2)13-5-3-4-6-14(13)19(20,21)22/h3-6H,7-12H2,1-2H3. The molecule has 1 aromatic heterocycles. The summed E-state index contributed by atoms with van der Waals surface area (Å²) in [6.07, 6.45) is 2.23. The molecule has 0 radical (unpaired) electrons. The number of hydrogen-bond acceptors (Lipinski definition) is 2. The van der Waals surface area contributed by atoms with E-state index in [1.165, 1.54) is 12.1 Å². The maximum atomic E-state index is 13.4. The van der Waals surface area contributed by atoms with E-state index >= 15 is 0 Å². The van der Waals surface area contributed by atoms with Gasteiger partial charge in [0.1, 0.15) is 5.82 Å². The number of halogens is 3. The lowest BCUT2D eigenvalue weighted by Crippen LogP contribution is -2.44. The Bertz CT molecular complexity index is 782. The molecule has 2 bridgehead atoms. The van der Waals surface area contributed by atoms with Crippen molar-refractivity contribution >= 4 is 0 Å². The summed E-state index contributed by atoms with van der Waals surface area (Å²) in [6.45, 7) is 2.34. The lowest BCUT2D eigenvalue weighted by Gasteiger charge is -2.51. The summed E-state index contributed by atoms with van der Waals surface area (Å²) in [7, 11) is 1.80. The van der Waals surface area contributed by atoms with Crippen molar-refractivity contribution in [1.82, 2.24) is 14.8 Å². The monoisotopic (exact) mass is 349 g/mol. The summed E-state index contributed by atoms with van der Waals surface area (Å²) >= 11 is 0. The zero-order chi connectivity index (χ0) is 17.9. The largest absolute Gasteiger partial charge is 0.417 e. The molecular weight excluding hydrogens is 327 g/mol. The Kier molecular flexibility index (Phi) is 3.54. The van der Waals surface area contributed by atoms with Gasteiger partial charge in [-0.2, -0.15) is 13.2 Å². The van der Waals surface area contributed by atoms with Gasteiger partial charge < -0.3 is 4.57 Å². The van der Waals surface area contributed by atoms with Crippen molar-refractivity contribution in [2.45, 2.75) is 57.0 Å². The van der Waals surface area contributed by atoms with E-state index in [0.717, 1.165) is 50.4 Å². The number of benzene rings is 1. The van der Waals surface area contributed by atoms with Crippen LogP contribution in [0.3, 0.4) is 0 Å². The zero-order valence-corrected chi connectivity index (χ0v) is 14.5. The van der Waals surface area contributed by atoms with E-state index in [1.54, 1.807) is 17.7 Å². The average molecular weight is 349 g/mol. The van der Waals surface area contributed by atoms with Crippen molar-refractivity contribution in [2.75, 3.05) is 0 Å². The second kappa shape index (κ2) is 5.32. The molecular formula is C19H22F3N3. The van der Waals surface area contributed by atoms with Crippen molar-refractivity contribution in [2.24, 2.45) is 12.5 Å². The first kappa shape index (κ1) is 16.6. The highest BCUT2D eigenvalue weighted by Crippen LogP contribution is 2.57. The van der Waals surface area contributed by atoms with Gasteiger partial charge in [0.2, 0.25) is 0 Å². The number of alkyl halides is 3. The molecule has 3 aliphatic rings. The van der Waals surface area contributed by atoms with Gasteiger partial charge in [-0.3, -0.25) is 0 Å². The Hall–Kier alpha value is -1.85. The van der Waals surface area contributed by atoms with Crippen LogP contribution in [0.25, 0.3) is 11.4 Å². The topological polar surface area (TPSA) is 30.7 Å². The van der Waals surface area contributed by atoms with Crippen molar-refractivity contribution in [3.8, 4) is 11.4 Å². The summed E-state index contributed by atoms with van der Waals surface area (Å²) in [5.41, 5.74) is -0.143. The van der Waals surface area contributed by atoms with Gasteiger partial charge in [-0.1, -0.05) is 25.1 Å². The third-order valence-corrected chi connectivity index (χ3v) is 6.44. The molecule has 3 nitrogen and oxygen atoms in total. The molecule has 5 rings (SSSR count). The molecule has 3 fully saturated rings. The predicted molar refractivity (Wildman–Crippen MR) is 88.9 cm³/mol.